The molecule has 1 heteroatoms. The van der Waals surface area contributed by atoms with Crippen molar-refractivity contribution in [1.29, 1.82) is 0 Å². The van der Waals surface area contributed by atoms with Crippen molar-refractivity contribution in [3.63, 3.8) is 0 Å². The van der Waals surface area contributed by atoms with Crippen LogP contribution in [0, 0.1) is 0 Å². The van der Waals surface area contributed by atoms with Crippen LogP contribution in [0.4, 0.5) is 0 Å². The molecule has 0 aromatic heterocycles. The lowest BCUT2D eigenvalue weighted by Crippen LogP contribution is -2.08. The molecule has 0 aliphatic heterocycles. The minimum Gasteiger partial charge on any atom is -0.369 e. The molecule has 1 unspecified atom stereocenters. The molecule has 0 saturated carbocycles. The Morgan fingerprint density at radius 3 is 1.68 bits per heavy atom. The highest BCUT2D eigenvalue weighted by Gasteiger charge is 2.12. The summed E-state index contributed by atoms with van der Waals surface area (Å²) in [6.45, 7) is 0.632. The van der Waals surface area contributed by atoms with Crippen LogP contribution in [-0.2, 0) is 17.8 Å². The van der Waals surface area contributed by atoms with Gasteiger partial charge in [-0.05, 0) is 16.7 Å². The van der Waals surface area contributed by atoms with E-state index in [9.17, 15) is 0 Å². The standard InChI is InChI=1S/C21H20O/c1-4-10-18(11-5-1)16-21(20-14-8-3-9-15-20)22-17-19-12-6-2-7-13-19/h1-15,21H,16-17H2. The smallest absolute Gasteiger partial charge is 0.0869 e. The van der Waals surface area contributed by atoms with Gasteiger partial charge in [0.1, 0.15) is 0 Å². The molecule has 1 atom stereocenters. The van der Waals surface area contributed by atoms with E-state index in [-0.39, 0.29) is 6.10 Å². The molecule has 0 spiro atoms. The van der Waals surface area contributed by atoms with Gasteiger partial charge in [-0.3, -0.25) is 0 Å². The average molecular weight is 288 g/mol. The third-order valence-electron chi connectivity index (χ3n) is 3.73. The van der Waals surface area contributed by atoms with Crippen LogP contribution in [0.1, 0.15) is 22.8 Å². The van der Waals surface area contributed by atoms with Crippen molar-refractivity contribution in [2.45, 2.75) is 19.1 Å². The summed E-state index contributed by atoms with van der Waals surface area (Å²) in [5, 5.41) is 0. The van der Waals surface area contributed by atoms with Crippen LogP contribution in [0.2, 0.25) is 0 Å². The molecular formula is C21H20O. The van der Waals surface area contributed by atoms with Gasteiger partial charge >= 0.3 is 0 Å². The largest absolute Gasteiger partial charge is 0.369 e. The molecular weight excluding hydrogens is 268 g/mol. The predicted octanol–water partition coefficient (Wildman–Crippen LogP) is 5.19. The van der Waals surface area contributed by atoms with Crippen molar-refractivity contribution in [3.8, 4) is 0 Å². The Balaban J connectivity index is 1.74. The van der Waals surface area contributed by atoms with Gasteiger partial charge in [-0.15, -0.1) is 0 Å². The third kappa shape index (κ3) is 4.06. The number of hydrogen-bond acceptors (Lipinski definition) is 1. The fraction of sp³-hybridized carbons (Fsp3) is 0.143. The highest BCUT2D eigenvalue weighted by Crippen LogP contribution is 2.23. The van der Waals surface area contributed by atoms with Crippen LogP contribution in [-0.4, -0.2) is 0 Å². The molecule has 0 N–H and O–H groups in total. The quantitative estimate of drug-likeness (QED) is 0.606. The number of ether oxygens (including phenoxy) is 1. The van der Waals surface area contributed by atoms with Gasteiger partial charge in [-0.25, -0.2) is 0 Å². The van der Waals surface area contributed by atoms with Crippen LogP contribution < -0.4 is 0 Å². The Morgan fingerprint density at radius 1 is 0.591 bits per heavy atom. The van der Waals surface area contributed by atoms with Gasteiger partial charge in [0.25, 0.3) is 0 Å². The average Bonchev–Trinajstić information content (AvgIpc) is 2.61. The van der Waals surface area contributed by atoms with E-state index in [0.717, 1.165) is 6.42 Å². The normalized spacial score (nSPS) is 12.0. The first-order valence-corrected chi connectivity index (χ1v) is 7.66. The molecule has 0 amide bonds. The van der Waals surface area contributed by atoms with Gasteiger partial charge in [0, 0.05) is 6.42 Å². The molecule has 0 fully saturated rings. The zero-order valence-corrected chi connectivity index (χ0v) is 12.6. The lowest BCUT2D eigenvalue weighted by atomic mass is 10.0. The molecule has 3 rings (SSSR count). The summed E-state index contributed by atoms with van der Waals surface area (Å²) in [7, 11) is 0. The van der Waals surface area contributed by atoms with Gasteiger partial charge in [-0.2, -0.15) is 0 Å². The Labute approximate surface area is 132 Å². The predicted molar refractivity (Wildman–Crippen MR) is 90.6 cm³/mol. The van der Waals surface area contributed by atoms with Gasteiger partial charge in [0.15, 0.2) is 0 Å². The van der Waals surface area contributed by atoms with E-state index in [4.69, 9.17) is 4.74 Å². The lowest BCUT2D eigenvalue weighted by Gasteiger charge is -2.19. The maximum Gasteiger partial charge on any atom is 0.0869 e. The van der Waals surface area contributed by atoms with E-state index >= 15 is 0 Å². The molecule has 0 radical (unpaired) electrons. The second kappa shape index (κ2) is 7.58. The van der Waals surface area contributed by atoms with Gasteiger partial charge in [0.05, 0.1) is 12.7 Å². The molecule has 3 aromatic carbocycles. The van der Waals surface area contributed by atoms with Gasteiger partial charge in [-0.1, -0.05) is 91.0 Å². The van der Waals surface area contributed by atoms with Crippen molar-refractivity contribution < 1.29 is 4.74 Å². The summed E-state index contributed by atoms with van der Waals surface area (Å²) in [5.41, 5.74) is 3.73. The molecule has 1 nitrogen and oxygen atoms in total. The molecule has 0 aliphatic carbocycles. The van der Waals surface area contributed by atoms with Crippen molar-refractivity contribution in [2.24, 2.45) is 0 Å². The lowest BCUT2D eigenvalue weighted by molar-refractivity contribution is 0.0399. The SMILES string of the molecule is c1ccc(COC(Cc2ccccc2)c2ccccc2)cc1. The first kappa shape index (κ1) is 14.6. The minimum absolute atomic E-state index is 0.0730. The van der Waals surface area contributed by atoms with Crippen LogP contribution in [0.3, 0.4) is 0 Å². The fourth-order valence-corrected chi connectivity index (χ4v) is 2.54. The zero-order valence-electron chi connectivity index (χ0n) is 12.6. The number of benzene rings is 3. The van der Waals surface area contributed by atoms with Gasteiger partial charge < -0.3 is 4.74 Å². The molecule has 110 valence electrons. The van der Waals surface area contributed by atoms with Crippen LogP contribution in [0.25, 0.3) is 0 Å². The summed E-state index contributed by atoms with van der Waals surface area (Å²) >= 11 is 0. The molecule has 0 saturated heterocycles. The summed E-state index contributed by atoms with van der Waals surface area (Å²) in [6.07, 6.45) is 0.960. The third-order valence-corrected chi connectivity index (χ3v) is 3.73. The monoisotopic (exact) mass is 288 g/mol. The molecule has 3 aromatic rings. The Hall–Kier alpha value is -2.38. The van der Waals surface area contributed by atoms with Crippen molar-refractivity contribution >= 4 is 0 Å². The molecule has 0 aliphatic rings. The van der Waals surface area contributed by atoms with Crippen LogP contribution >= 0.6 is 0 Å². The van der Waals surface area contributed by atoms with Crippen LogP contribution in [0.5, 0.6) is 0 Å². The molecule has 0 bridgehead atoms. The van der Waals surface area contributed by atoms with Crippen molar-refractivity contribution in [2.75, 3.05) is 0 Å². The van der Waals surface area contributed by atoms with E-state index in [1.807, 2.05) is 30.3 Å². The van der Waals surface area contributed by atoms with Crippen molar-refractivity contribution in [3.05, 3.63) is 108 Å². The van der Waals surface area contributed by atoms with Gasteiger partial charge in [0.2, 0.25) is 0 Å². The highest BCUT2D eigenvalue weighted by molar-refractivity contribution is 5.23. The first-order valence-electron chi connectivity index (χ1n) is 7.66. The molecule has 22 heavy (non-hydrogen) atoms. The summed E-state index contributed by atoms with van der Waals surface area (Å²) in [5.74, 6) is 0. The Bertz CT molecular complexity index is 662. The maximum absolute atomic E-state index is 6.22. The minimum atomic E-state index is 0.0730. The summed E-state index contributed by atoms with van der Waals surface area (Å²) in [4.78, 5) is 0. The van der Waals surface area contributed by atoms with Crippen molar-refractivity contribution in [1.82, 2.24) is 0 Å². The van der Waals surface area contributed by atoms with E-state index in [2.05, 4.69) is 60.7 Å². The Kier molecular flexibility index (Phi) is 5.01. The van der Waals surface area contributed by atoms with Crippen LogP contribution in [0.15, 0.2) is 91.0 Å². The van der Waals surface area contributed by atoms with E-state index in [1.54, 1.807) is 0 Å². The summed E-state index contributed by atoms with van der Waals surface area (Å²) in [6, 6.07) is 31.3. The second-order valence-electron chi connectivity index (χ2n) is 5.39. The molecule has 0 heterocycles. The highest BCUT2D eigenvalue weighted by atomic mass is 16.5. The summed E-state index contributed by atoms with van der Waals surface area (Å²) < 4.78 is 6.22. The number of rotatable bonds is 6. The second-order valence-corrected chi connectivity index (χ2v) is 5.39. The maximum atomic E-state index is 6.22. The number of hydrogen-bond donors (Lipinski definition) is 0. The van der Waals surface area contributed by atoms with E-state index < -0.39 is 0 Å². The zero-order chi connectivity index (χ0) is 15.0. The first-order chi connectivity index (χ1) is 10.9. The fourth-order valence-electron chi connectivity index (χ4n) is 2.54. The topological polar surface area (TPSA) is 9.23 Å². The Morgan fingerprint density at radius 2 is 1.09 bits per heavy atom. The van der Waals surface area contributed by atoms with E-state index in [1.165, 1.54) is 16.7 Å². The van der Waals surface area contributed by atoms with E-state index in [0.29, 0.717) is 6.61 Å².